The molecule has 2 aromatic carbocycles. The zero-order valence-electron chi connectivity index (χ0n) is 20.9. The predicted octanol–water partition coefficient (Wildman–Crippen LogP) is 4.07. The van der Waals surface area contributed by atoms with Gasteiger partial charge in [0.25, 0.3) is 0 Å². The minimum atomic E-state index is -0.427. The second kappa shape index (κ2) is 11.2. The second-order valence-electron chi connectivity index (χ2n) is 9.44. The molecule has 1 N–H and O–H groups in total. The summed E-state index contributed by atoms with van der Waals surface area (Å²) in [5.74, 6) is 0.830. The van der Waals surface area contributed by atoms with E-state index in [-0.39, 0.29) is 0 Å². The lowest BCUT2D eigenvalue weighted by molar-refractivity contribution is 0.0896. The summed E-state index contributed by atoms with van der Waals surface area (Å²) in [7, 11) is 1.71. The van der Waals surface area contributed by atoms with Crippen LogP contribution in [0.2, 0.25) is 0 Å². The summed E-state index contributed by atoms with van der Waals surface area (Å²) in [6.07, 6.45) is 1.19. The van der Waals surface area contributed by atoms with Crippen molar-refractivity contribution in [3.8, 4) is 11.4 Å². The predicted molar refractivity (Wildman–Crippen MR) is 136 cm³/mol. The Morgan fingerprint density at radius 1 is 1.09 bits per heavy atom. The van der Waals surface area contributed by atoms with Crippen LogP contribution in [0.1, 0.15) is 43.3 Å². The standard InChI is InChI=1S/C28H38N4O2/c1-5-30-16-15-26-24(19-30)25(29-32(26)27-13-9-10-14-28(27)34-4)20-31(21(2)3)18-23(33)17-22-11-7-6-8-12-22/h6-14,21,23,33H,5,15-20H2,1-4H3. The van der Waals surface area contributed by atoms with E-state index in [0.717, 1.165) is 48.7 Å². The summed E-state index contributed by atoms with van der Waals surface area (Å²) in [5, 5.41) is 16.0. The van der Waals surface area contributed by atoms with Gasteiger partial charge in [-0.1, -0.05) is 49.4 Å². The Hall–Kier alpha value is -2.67. The minimum absolute atomic E-state index is 0.295. The van der Waals surface area contributed by atoms with Crippen molar-refractivity contribution in [3.05, 3.63) is 77.1 Å². The van der Waals surface area contributed by atoms with E-state index >= 15 is 0 Å². The molecule has 0 bridgehead atoms. The number of fused-ring (bicyclic) bond motifs is 1. The van der Waals surface area contributed by atoms with E-state index in [0.29, 0.717) is 25.6 Å². The summed E-state index contributed by atoms with van der Waals surface area (Å²) >= 11 is 0. The number of hydrogen-bond acceptors (Lipinski definition) is 5. The van der Waals surface area contributed by atoms with Crippen LogP contribution in [0, 0.1) is 0 Å². The summed E-state index contributed by atoms with van der Waals surface area (Å²) in [6.45, 7) is 10.9. The molecule has 182 valence electrons. The normalized spacial score (nSPS) is 15.0. The number of para-hydroxylation sites is 2. The molecule has 1 unspecified atom stereocenters. The van der Waals surface area contributed by atoms with Crippen LogP contribution in [0.5, 0.6) is 5.75 Å². The molecule has 6 heteroatoms. The zero-order valence-corrected chi connectivity index (χ0v) is 20.9. The van der Waals surface area contributed by atoms with Crippen molar-refractivity contribution in [2.24, 2.45) is 0 Å². The summed E-state index contributed by atoms with van der Waals surface area (Å²) < 4.78 is 7.75. The molecule has 0 radical (unpaired) electrons. The molecule has 0 saturated heterocycles. The van der Waals surface area contributed by atoms with Crippen LogP contribution in [-0.2, 0) is 25.9 Å². The molecule has 0 amide bonds. The number of methoxy groups -OCH3 is 1. The first-order chi connectivity index (χ1) is 16.5. The van der Waals surface area contributed by atoms with E-state index in [1.807, 2.05) is 36.4 Å². The first-order valence-corrected chi connectivity index (χ1v) is 12.4. The number of nitrogens with zero attached hydrogens (tertiary/aromatic N) is 4. The topological polar surface area (TPSA) is 53.8 Å². The Kier molecular flexibility index (Phi) is 8.03. The third-order valence-electron chi connectivity index (χ3n) is 6.82. The highest BCUT2D eigenvalue weighted by molar-refractivity contribution is 5.49. The first-order valence-electron chi connectivity index (χ1n) is 12.4. The number of aliphatic hydroxyl groups excluding tert-OH is 1. The van der Waals surface area contributed by atoms with Gasteiger partial charge in [-0.05, 0) is 44.5 Å². The van der Waals surface area contributed by atoms with Crippen LogP contribution >= 0.6 is 0 Å². The average Bonchev–Trinajstić information content (AvgIpc) is 3.21. The molecule has 0 fully saturated rings. The third-order valence-corrected chi connectivity index (χ3v) is 6.82. The van der Waals surface area contributed by atoms with Crippen molar-refractivity contribution in [3.63, 3.8) is 0 Å². The quantitative estimate of drug-likeness (QED) is 0.492. The van der Waals surface area contributed by atoms with Gasteiger partial charge in [0.2, 0.25) is 0 Å². The van der Waals surface area contributed by atoms with Crippen LogP contribution in [-0.4, -0.2) is 63.6 Å². The number of rotatable bonds is 10. The number of ether oxygens (including phenoxy) is 1. The monoisotopic (exact) mass is 462 g/mol. The maximum atomic E-state index is 10.9. The van der Waals surface area contributed by atoms with Gasteiger partial charge in [-0.25, -0.2) is 4.68 Å². The minimum Gasteiger partial charge on any atom is -0.494 e. The average molecular weight is 463 g/mol. The lowest BCUT2D eigenvalue weighted by Crippen LogP contribution is -2.38. The summed E-state index contributed by atoms with van der Waals surface area (Å²) in [6, 6.07) is 18.6. The first kappa shape index (κ1) is 24.5. The van der Waals surface area contributed by atoms with Gasteiger partial charge in [0.15, 0.2) is 0 Å². The second-order valence-corrected chi connectivity index (χ2v) is 9.44. The zero-order chi connectivity index (χ0) is 24.1. The molecule has 0 aliphatic carbocycles. The van der Waals surface area contributed by atoms with Crippen molar-refractivity contribution >= 4 is 0 Å². The molecule has 1 aliphatic heterocycles. The van der Waals surface area contributed by atoms with Gasteiger partial charge in [0.05, 0.1) is 24.6 Å². The van der Waals surface area contributed by atoms with Crippen molar-refractivity contribution in [1.82, 2.24) is 19.6 Å². The smallest absolute Gasteiger partial charge is 0.144 e. The lowest BCUT2D eigenvalue weighted by atomic mass is 10.0. The summed E-state index contributed by atoms with van der Waals surface area (Å²) in [4.78, 5) is 4.82. The van der Waals surface area contributed by atoms with Crippen molar-refractivity contribution in [1.29, 1.82) is 0 Å². The largest absolute Gasteiger partial charge is 0.494 e. The highest BCUT2D eigenvalue weighted by Gasteiger charge is 2.28. The molecular weight excluding hydrogens is 424 g/mol. The van der Waals surface area contributed by atoms with Gasteiger partial charge in [-0.15, -0.1) is 0 Å². The van der Waals surface area contributed by atoms with Gasteiger partial charge in [0, 0.05) is 44.2 Å². The Labute approximate surface area is 203 Å². The number of benzene rings is 2. The lowest BCUT2D eigenvalue weighted by Gasteiger charge is -2.30. The fourth-order valence-corrected chi connectivity index (χ4v) is 4.81. The maximum absolute atomic E-state index is 10.9. The Morgan fingerprint density at radius 2 is 1.82 bits per heavy atom. The molecule has 34 heavy (non-hydrogen) atoms. The van der Waals surface area contributed by atoms with Crippen LogP contribution in [0.15, 0.2) is 54.6 Å². The van der Waals surface area contributed by atoms with E-state index in [1.54, 1.807) is 7.11 Å². The summed E-state index contributed by atoms with van der Waals surface area (Å²) in [5.41, 5.74) is 5.84. The van der Waals surface area contributed by atoms with Gasteiger partial charge in [0.1, 0.15) is 11.4 Å². The number of likely N-dealkylation sites (N-methyl/N-ethyl adjacent to an activating group) is 1. The Balaban J connectivity index is 1.62. The van der Waals surface area contributed by atoms with Gasteiger partial charge >= 0.3 is 0 Å². The van der Waals surface area contributed by atoms with Gasteiger partial charge in [-0.2, -0.15) is 5.10 Å². The highest BCUT2D eigenvalue weighted by atomic mass is 16.5. The van der Waals surface area contributed by atoms with Gasteiger partial charge < -0.3 is 9.84 Å². The van der Waals surface area contributed by atoms with Crippen molar-refractivity contribution < 1.29 is 9.84 Å². The fraction of sp³-hybridized carbons (Fsp3) is 0.464. The fourth-order valence-electron chi connectivity index (χ4n) is 4.81. The SMILES string of the molecule is CCN1CCc2c(c(CN(CC(O)Cc3ccccc3)C(C)C)nn2-c2ccccc2OC)C1. The van der Waals surface area contributed by atoms with Crippen molar-refractivity contribution in [2.75, 3.05) is 26.7 Å². The van der Waals surface area contributed by atoms with Gasteiger partial charge in [-0.3, -0.25) is 9.80 Å². The van der Waals surface area contributed by atoms with E-state index in [1.165, 1.54) is 11.3 Å². The molecular formula is C28H38N4O2. The maximum Gasteiger partial charge on any atom is 0.144 e. The Morgan fingerprint density at radius 3 is 2.53 bits per heavy atom. The van der Waals surface area contributed by atoms with Crippen molar-refractivity contribution in [2.45, 2.75) is 58.8 Å². The Bertz CT molecular complexity index is 1060. The molecule has 1 atom stereocenters. The molecule has 3 aromatic rings. The molecule has 6 nitrogen and oxygen atoms in total. The van der Waals surface area contributed by atoms with E-state index < -0.39 is 6.10 Å². The highest BCUT2D eigenvalue weighted by Crippen LogP contribution is 2.30. The molecule has 0 saturated carbocycles. The van der Waals surface area contributed by atoms with Crippen LogP contribution in [0.4, 0.5) is 0 Å². The van der Waals surface area contributed by atoms with E-state index in [4.69, 9.17) is 9.84 Å². The number of aliphatic hydroxyl groups is 1. The molecule has 1 aliphatic rings. The molecule has 0 spiro atoms. The number of hydrogen-bond donors (Lipinski definition) is 1. The molecule has 1 aromatic heterocycles. The molecule has 4 rings (SSSR count). The van der Waals surface area contributed by atoms with Crippen LogP contribution < -0.4 is 4.74 Å². The van der Waals surface area contributed by atoms with Crippen LogP contribution in [0.25, 0.3) is 5.69 Å². The molecule has 2 heterocycles. The third kappa shape index (κ3) is 5.52. The van der Waals surface area contributed by atoms with E-state index in [2.05, 4.69) is 53.5 Å². The number of aromatic nitrogens is 2. The van der Waals surface area contributed by atoms with Crippen LogP contribution in [0.3, 0.4) is 0 Å². The van der Waals surface area contributed by atoms with E-state index in [9.17, 15) is 5.11 Å².